The van der Waals surface area contributed by atoms with E-state index in [1.165, 1.54) is 37.7 Å². The van der Waals surface area contributed by atoms with Gasteiger partial charge in [-0.25, -0.2) is 0 Å². The van der Waals surface area contributed by atoms with Crippen LogP contribution in [0.3, 0.4) is 0 Å². The first-order chi connectivity index (χ1) is 9.74. The van der Waals surface area contributed by atoms with Crippen molar-refractivity contribution in [1.82, 2.24) is 15.1 Å². The van der Waals surface area contributed by atoms with Crippen LogP contribution in [0, 0.1) is 11.8 Å². The van der Waals surface area contributed by atoms with Crippen molar-refractivity contribution in [3.05, 3.63) is 18.0 Å². The van der Waals surface area contributed by atoms with Gasteiger partial charge >= 0.3 is 0 Å². The van der Waals surface area contributed by atoms with Gasteiger partial charge in [-0.15, -0.1) is 0 Å². The molecule has 3 atom stereocenters. The summed E-state index contributed by atoms with van der Waals surface area (Å²) in [4.78, 5) is 0. The summed E-state index contributed by atoms with van der Waals surface area (Å²) >= 11 is 0. The van der Waals surface area contributed by atoms with Crippen molar-refractivity contribution in [1.29, 1.82) is 0 Å². The molecule has 0 aromatic carbocycles. The lowest BCUT2D eigenvalue weighted by molar-refractivity contribution is 0.223. The molecule has 1 heterocycles. The van der Waals surface area contributed by atoms with E-state index in [9.17, 15) is 0 Å². The third-order valence-electron chi connectivity index (χ3n) is 4.53. The number of nitrogens with zero attached hydrogens (tertiary/aromatic N) is 2. The van der Waals surface area contributed by atoms with Crippen molar-refractivity contribution < 1.29 is 0 Å². The molecule has 3 nitrogen and oxygen atoms in total. The first kappa shape index (κ1) is 15.6. The fraction of sp³-hybridized carbons (Fsp3) is 0.824. The van der Waals surface area contributed by atoms with E-state index < -0.39 is 0 Å². The van der Waals surface area contributed by atoms with E-state index in [-0.39, 0.29) is 0 Å². The van der Waals surface area contributed by atoms with Crippen molar-refractivity contribution in [2.75, 3.05) is 6.54 Å². The van der Waals surface area contributed by atoms with E-state index in [1.807, 2.05) is 0 Å². The predicted octanol–water partition coefficient (Wildman–Crippen LogP) is 4.16. The molecule has 1 aliphatic carbocycles. The zero-order valence-electron chi connectivity index (χ0n) is 13.4. The smallest absolute Gasteiger partial charge is 0.0537 e. The van der Waals surface area contributed by atoms with Crippen LogP contribution < -0.4 is 5.32 Å². The molecule has 1 fully saturated rings. The van der Waals surface area contributed by atoms with Gasteiger partial charge in [0, 0.05) is 24.3 Å². The Morgan fingerprint density at radius 1 is 1.35 bits per heavy atom. The van der Waals surface area contributed by atoms with E-state index in [1.54, 1.807) is 0 Å². The molecule has 0 spiro atoms. The highest BCUT2D eigenvalue weighted by Gasteiger charge is 2.28. The molecule has 3 heteroatoms. The number of aromatic nitrogens is 2. The maximum absolute atomic E-state index is 4.53. The fourth-order valence-electron chi connectivity index (χ4n) is 3.53. The first-order valence-electron chi connectivity index (χ1n) is 8.50. The summed E-state index contributed by atoms with van der Waals surface area (Å²) in [6.07, 6.45) is 12.2. The highest BCUT2D eigenvalue weighted by atomic mass is 15.3. The Bertz CT molecular complexity index is 385. The predicted molar refractivity (Wildman–Crippen MR) is 84.7 cm³/mol. The van der Waals surface area contributed by atoms with Crippen LogP contribution in [0.25, 0.3) is 0 Å². The minimum absolute atomic E-state index is 0.503. The van der Waals surface area contributed by atoms with Crippen LogP contribution in [0.5, 0.6) is 0 Å². The Hall–Kier alpha value is -0.830. The van der Waals surface area contributed by atoms with Gasteiger partial charge in [-0.3, -0.25) is 4.68 Å². The fourth-order valence-corrected chi connectivity index (χ4v) is 3.53. The lowest BCUT2D eigenvalue weighted by Gasteiger charge is -2.33. The van der Waals surface area contributed by atoms with Gasteiger partial charge in [-0.1, -0.05) is 33.6 Å². The number of nitrogens with one attached hydrogen (secondary N) is 1. The summed E-state index contributed by atoms with van der Waals surface area (Å²) in [5, 5.41) is 8.30. The molecular formula is C17H31N3. The molecule has 3 unspecified atom stereocenters. The van der Waals surface area contributed by atoms with Crippen LogP contribution in [-0.4, -0.2) is 16.3 Å². The molecule has 114 valence electrons. The lowest BCUT2D eigenvalue weighted by atomic mass is 9.77. The molecule has 2 rings (SSSR count). The van der Waals surface area contributed by atoms with Crippen LogP contribution in [-0.2, 0) is 6.54 Å². The Kier molecular flexibility index (Phi) is 6.08. The maximum atomic E-state index is 4.53. The molecule has 1 aromatic heterocycles. The van der Waals surface area contributed by atoms with Gasteiger partial charge in [0.1, 0.15) is 0 Å². The molecule has 0 bridgehead atoms. The van der Waals surface area contributed by atoms with Crippen molar-refractivity contribution >= 4 is 0 Å². The normalized spacial score (nSPS) is 24.8. The number of hydrogen-bond acceptors (Lipinski definition) is 2. The van der Waals surface area contributed by atoms with Crippen LogP contribution in [0.1, 0.15) is 70.9 Å². The Balaban J connectivity index is 2.08. The van der Waals surface area contributed by atoms with E-state index in [2.05, 4.69) is 48.3 Å². The third-order valence-corrected chi connectivity index (χ3v) is 4.53. The molecule has 0 amide bonds. The summed E-state index contributed by atoms with van der Waals surface area (Å²) < 4.78 is 2.10. The van der Waals surface area contributed by atoms with E-state index >= 15 is 0 Å². The zero-order valence-corrected chi connectivity index (χ0v) is 13.4. The highest BCUT2D eigenvalue weighted by Crippen LogP contribution is 2.37. The maximum Gasteiger partial charge on any atom is 0.0537 e. The summed E-state index contributed by atoms with van der Waals surface area (Å²) in [5.74, 6) is 1.66. The minimum atomic E-state index is 0.503. The van der Waals surface area contributed by atoms with Crippen LogP contribution in [0.2, 0.25) is 0 Å². The van der Waals surface area contributed by atoms with Gasteiger partial charge in [0.15, 0.2) is 0 Å². The third kappa shape index (κ3) is 4.08. The van der Waals surface area contributed by atoms with E-state index in [0.717, 1.165) is 31.3 Å². The van der Waals surface area contributed by atoms with Gasteiger partial charge in [0.25, 0.3) is 0 Å². The van der Waals surface area contributed by atoms with Crippen LogP contribution >= 0.6 is 0 Å². The Morgan fingerprint density at radius 3 is 2.90 bits per heavy atom. The molecule has 1 saturated carbocycles. The SMILES string of the molecule is CCCNC(c1cnn(CCC)c1)C1CCCC(C)C1. The molecule has 1 N–H and O–H groups in total. The second-order valence-corrected chi connectivity index (χ2v) is 6.50. The Labute approximate surface area is 124 Å². The van der Waals surface area contributed by atoms with Crippen molar-refractivity contribution in [3.8, 4) is 0 Å². The molecule has 0 aliphatic heterocycles. The molecule has 20 heavy (non-hydrogen) atoms. The topological polar surface area (TPSA) is 29.9 Å². The van der Waals surface area contributed by atoms with Crippen molar-refractivity contribution in [3.63, 3.8) is 0 Å². The Morgan fingerprint density at radius 2 is 2.20 bits per heavy atom. The number of aryl methyl sites for hydroxylation is 1. The average molecular weight is 277 g/mol. The molecule has 1 aromatic rings. The second-order valence-electron chi connectivity index (χ2n) is 6.50. The molecule has 0 saturated heterocycles. The molecule has 1 aliphatic rings. The first-order valence-corrected chi connectivity index (χ1v) is 8.50. The standard InChI is InChI=1S/C17H31N3/c1-4-9-18-17(15-8-6-7-14(3)11-15)16-12-19-20(13-16)10-5-2/h12-15,17-18H,4-11H2,1-3H3. The second kappa shape index (κ2) is 7.82. The van der Waals surface area contributed by atoms with Gasteiger partial charge in [0.2, 0.25) is 0 Å². The van der Waals surface area contributed by atoms with Crippen molar-refractivity contribution in [2.24, 2.45) is 11.8 Å². The van der Waals surface area contributed by atoms with Gasteiger partial charge in [0.05, 0.1) is 6.20 Å². The van der Waals surface area contributed by atoms with Crippen LogP contribution in [0.4, 0.5) is 0 Å². The largest absolute Gasteiger partial charge is 0.310 e. The summed E-state index contributed by atoms with van der Waals surface area (Å²) in [7, 11) is 0. The average Bonchev–Trinajstić information content (AvgIpc) is 2.88. The van der Waals surface area contributed by atoms with Gasteiger partial charge < -0.3 is 5.32 Å². The summed E-state index contributed by atoms with van der Waals surface area (Å²) in [6.45, 7) is 8.99. The molecule has 0 radical (unpaired) electrons. The zero-order chi connectivity index (χ0) is 14.4. The summed E-state index contributed by atoms with van der Waals surface area (Å²) in [5.41, 5.74) is 1.39. The van der Waals surface area contributed by atoms with Gasteiger partial charge in [-0.2, -0.15) is 5.10 Å². The minimum Gasteiger partial charge on any atom is -0.310 e. The van der Waals surface area contributed by atoms with Gasteiger partial charge in [-0.05, 0) is 44.1 Å². The van der Waals surface area contributed by atoms with Crippen LogP contribution in [0.15, 0.2) is 12.4 Å². The van der Waals surface area contributed by atoms with E-state index in [4.69, 9.17) is 0 Å². The number of hydrogen-bond donors (Lipinski definition) is 1. The molecular weight excluding hydrogens is 246 g/mol. The summed E-state index contributed by atoms with van der Waals surface area (Å²) in [6, 6.07) is 0.503. The van der Waals surface area contributed by atoms with E-state index in [0.29, 0.717) is 6.04 Å². The quantitative estimate of drug-likeness (QED) is 0.811. The highest BCUT2D eigenvalue weighted by molar-refractivity contribution is 5.12. The lowest BCUT2D eigenvalue weighted by Crippen LogP contribution is -2.31. The number of rotatable bonds is 7. The monoisotopic (exact) mass is 277 g/mol. The van der Waals surface area contributed by atoms with Crippen molar-refractivity contribution in [2.45, 2.75) is 71.9 Å².